The van der Waals surface area contributed by atoms with Crippen molar-refractivity contribution in [2.75, 3.05) is 39.3 Å². The van der Waals surface area contributed by atoms with E-state index in [1.54, 1.807) is 0 Å². The SMILES string of the molecule is CC(C)C(=O)[C@@H]1C[C@H](C(C)C)CN1C(C)C.CC(C)CCN(CC(=O)C(C)C)C(C)C.CC(C)CCOc1ccc(C[C@H](CC(C)C)C(=O)C(C)C)cc1.CC(C)CN(CC(=O)C(C)C)C(C)C.S.S.S. The first-order chi connectivity index (χ1) is 31.3. The van der Waals surface area contributed by atoms with Crippen LogP contribution in [0.4, 0.5) is 0 Å². The predicted molar refractivity (Wildman–Crippen MR) is 325 cm³/mol. The molecule has 1 fully saturated rings. The lowest BCUT2D eigenvalue weighted by molar-refractivity contribution is -0.127. The number of likely N-dealkylation sites (tertiary alicyclic amines) is 1. The number of ether oxygens (including phenoxy) is 1. The van der Waals surface area contributed by atoms with E-state index < -0.39 is 0 Å². The van der Waals surface area contributed by atoms with Gasteiger partial charge in [-0.05, 0) is 133 Å². The van der Waals surface area contributed by atoms with Crippen molar-refractivity contribution in [1.29, 1.82) is 0 Å². The summed E-state index contributed by atoms with van der Waals surface area (Å²) in [5.41, 5.74) is 1.22. The molecule has 3 atom stereocenters. The summed E-state index contributed by atoms with van der Waals surface area (Å²) in [6.45, 7) is 56.2. The fourth-order valence-corrected chi connectivity index (χ4v) is 8.01. The Morgan fingerprint density at radius 3 is 1.39 bits per heavy atom. The molecule has 1 heterocycles. The zero-order valence-corrected chi connectivity index (χ0v) is 53.6. The summed E-state index contributed by atoms with van der Waals surface area (Å²) in [6, 6.07) is 9.84. The van der Waals surface area contributed by atoms with Gasteiger partial charge in [-0.3, -0.25) is 33.9 Å². The van der Waals surface area contributed by atoms with Gasteiger partial charge in [0.05, 0.1) is 25.7 Å². The van der Waals surface area contributed by atoms with Crippen LogP contribution < -0.4 is 4.74 Å². The maximum atomic E-state index is 12.4. The molecule has 0 radical (unpaired) electrons. The molecule has 0 spiro atoms. The van der Waals surface area contributed by atoms with Crippen LogP contribution in [0.15, 0.2) is 24.3 Å². The van der Waals surface area contributed by atoms with E-state index in [2.05, 4.69) is 138 Å². The van der Waals surface area contributed by atoms with Gasteiger partial charge in [-0.1, -0.05) is 137 Å². The third-order valence-corrected chi connectivity index (χ3v) is 13.0. The van der Waals surface area contributed by atoms with E-state index in [9.17, 15) is 19.2 Å². The Balaban J connectivity index is -0.000000275. The third kappa shape index (κ3) is 36.3. The Bertz CT molecular complexity index is 1510. The Labute approximate surface area is 462 Å². The highest BCUT2D eigenvalue weighted by atomic mass is 32.1. The third-order valence-electron chi connectivity index (χ3n) is 13.0. The average molecular weight is 1060 g/mol. The second kappa shape index (κ2) is 41.8. The van der Waals surface area contributed by atoms with E-state index in [1.165, 1.54) is 12.0 Å². The zero-order chi connectivity index (χ0) is 53.2. The van der Waals surface area contributed by atoms with E-state index in [0.29, 0.717) is 89.9 Å². The van der Waals surface area contributed by atoms with E-state index in [4.69, 9.17) is 4.74 Å². The number of carbonyl (C=O) groups is 4. The van der Waals surface area contributed by atoms with Crippen molar-refractivity contribution in [3.8, 4) is 5.75 Å². The molecule has 1 saturated heterocycles. The molecule has 0 N–H and O–H groups in total. The monoisotopic (exact) mass is 1060 g/mol. The molecule has 11 heteroatoms. The first kappa shape index (κ1) is 78.5. The van der Waals surface area contributed by atoms with E-state index >= 15 is 0 Å². The predicted octanol–water partition coefficient (Wildman–Crippen LogP) is 14.4. The van der Waals surface area contributed by atoms with Crippen LogP contribution in [-0.2, 0) is 25.6 Å². The largest absolute Gasteiger partial charge is 0.494 e. The highest BCUT2D eigenvalue weighted by Gasteiger charge is 2.39. The fraction of sp³-hybridized carbons (Fsp3) is 0.833. The summed E-state index contributed by atoms with van der Waals surface area (Å²) in [5.74, 6) is 7.06. The Kier molecular flexibility index (Phi) is 46.3. The van der Waals surface area contributed by atoms with Gasteiger partial charge in [0.25, 0.3) is 0 Å². The molecule has 1 aromatic rings. The quantitative estimate of drug-likeness (QED) is 0.0861. The number of ketones is 4. The summed E-state index contributed by atoms with van der Waals surface area (Å²) in [5, 5.41) is 0. The van der Waals surface area contributed by atoms with Crippen LogP contribution >= 0.6 is 40.5 Å². The second-order valence-electron chi connectivity index (χ2n) is 24.3. The van der Waals surface area contributed by atoms with Gasteiger partial charge in [0, 0.05) is 60.8 Å². The van der Waals surface area contributed by atoms with Gasteiger partial charge in [-0.2, -0.15) is 40.5 Å². The zero-order valence-electron chi connectivity index (χ0n) is 50.6. The summed E-state index contributed by atoms with van der Waals surface area (Å²) in [4.78, 5) is 54.8. The van der Waals surface area contributed by atoms with Crippen LogP contribution in [0, 0.1) is 65.1 Å². The van der Waals surface area contributed by atoms with Gasteiger partial charge in [0.1, 0.15) is 23.1 Å². The summed E-state index contributed by atoms with van der Waals surface area (Å²) >= 11 is 0. The summed E-state index contributed by atoms with van der Waals surface area (Å²) in [7, 11) is 0. The van der Waals surface area contributed by atoms with E-state index in [1.807, 2.05) is 67.5 Å². The molecule has 1 aliphatic heterocycles. The maximum Gasteiger partial charge on any atom is 0.152 e. The summed E-state index contributed by atoms with van der Waals surface area (Å²) < 4.78 is 5.76. The molecule has 2 rings (SSSR count). The molecule has 0 bridgehead atoms. The maximum absolute atomic E-state index is 12.4. The van der Waals surface area contributed by atoms with Crippen LogP contribution in [0.5, 0.6) is 5.75 Å². The molecule has 0 aromatic heterocycles. The van der Waals surface area contributed by atoms with Gasteiger partial charge in [0.15, 0.2) is 5.78 Å². The molecule has 422 valence electrons. The highest BCUT2D eigenvalue weighted by Crippen LogP contribution is 2.32. The van der Waals surface area contributed by atoms with Crippen molar-refractivity contribution in [3.05, 3.63) is 29.8 Å². The van der Waals surface area contributed by atoms with Crippen molar-refractivity contribution in [2.24, 2.45) is 65.1 Å². The minimum atomic E-state index is 0. The first-order valence-electron chi connectivity index (χ1n) is 27.4. The number of hydrogen-bond donors (Lipinski definition) is 0. The van der Waals surface area contributed by atoms with Gasteiger partial charge in [0.2, 0.25) is 0 Å². The van der Waals surface area contributed by atoms with Crippen LogP contribution in [-0.4, -0.2) is 101 Å². The smallest absolute Gasteiger partial charge is 0.152 e. The number of rotatable bonds is 27. The van der Waals surface area contributed by atoms with E-state index in [0.717, 1.165) is 57.7 Å². The van der Waals surface area contributed by atoms with Crippen molar-refractivity contribution < 1.29 is 23.9 Å². The lowest BCUT2D eigenvalue weighted by Gasteiger charge is -2.28. The molecule has 0 saturated carbocycles. The lowest BCUT2D eigenvalue weighted by Crippen LogP contribution is -2.42. The molecule has 1 aliphatic rings. The Morgan fingerprint density at radius 1 is 0.577 bits per heavy atom. The van der Waals surface area contributed by atoms with Crippen LogP contribution in [0.2, 0.25) is 0 Å². The minimum Gasteiger partial charge on any atom is -0.494 e. The fourth-order valence-electron chi connectivity index (χ4n) is 8.01. The number of benzene rings is 1. The number of hydrogen-bond acceptors (Lipinski definition) is 8. The van der Waals surface area contributed by atoms with Crippen molar-refractivity contribution in [1.82, 2.24) is 14.7 Å². The normalized spacial score (nSPS) is 15.3. The van der Waals surface area contributed by atoms with Crippen molar-refractivity contribution in [3.63, 3.8) is 0 Å². The number of nitrogens with zero attached hydrogens (tertiary/aromatic N) is 3. The molecule has 8 nitrogen and oxygen atoms in total. The van der Waals surface area contributed by atoms with Crippen LogP contribution in [0.1, 0.15) is 197 Å². The molecule has 1 aromatic carbocycles. The van der Waals surface area contributed by atoms with E-state index in [-0.39, 0.29) is 76.1 Å². The van der Waals surface area contributed by atoms with Gasteiger partial charge >= 0.3 is 0 Å². The first-order valence-corrected chi connectivity index (χ1v) is 27.4. The number of Topliss-reactive ketones (excluding diaryl/α,β-unsaturated/α-hetero) is 4. The van der Waals surface area contributed by atoms with Crippen LogP contribution in [0.25, 0.3) is 0 Å². The lowest BCUT2D eigenvalue weighted by atomic mass is 9.84. The standard InChI is InChI=1S/C21H34O2.C14H27NO.C13H27NO.C12H25NO.3H2S/c1-15(2)11-12-23-20-9-7-18(8-10-20)14-19(13-16(3)4)21(22)17(5)6;1-9(2)12-7-13(14(16)10(3)4)15(8-12)11(5)6;1-10(2)7-8-14(12(5)6)9-13(15)11(3)4;1-9(2)7-13(11(5)6)8-12(14)10(3)4;;;/h7-10,15-17,19H,11-14H2,1-6H3;9-13H,7-8H2,1-6H3;10-12H,7-9H2,1-6H3;9-11H,7-8H2,1-6H3;3*1H2/t19-;12-,13-;;;;;/m00...../s1. The molecular formula is C60H119N3O5S3. The number of carbonyl (C=O) groups excluding carboxylic acids is 4. The minimum absolute atomic E-state index is 0. The molecule has 0 aliphatic carbocycles. The molecular weight excluding hydrogens is 939 g/mol. The topological polar surface area (TPSA) is 87.2 Å². The Morgan fingerprint density at radius 2 is 1.04 bits per heavy atom. The van der Waals surface area contributed by atoms with Gasteiger partial charge < -0.3 is 4.74 Å². The Hall–Kier alpha value is -1.37. The van der Waals surface area contributed by atoms with Gasteiger partial charge in [-0.25, -0.2) is 0 Å². The molecule has 0 unspecified atom stereocenters. The van der Waals surface area contributed by atoms with Gasteiger partial charge in [-0.15, -0.1) is 0 Å². The van der Waals surface area contributed by atoms with Crippen molar-refractivity contribution in [2.45, 2.75) is 222 Å². The highest BCUT2D eigenvalue weighted by molar-refractivity contribution is 7.59. The average Bonchev–Trinajstić information content (AvgIpc) is 3.68. The summed E-state index contributed by atoms with van der Waals surface area (Å²) in [6.07, 6.45) is 5.10. The van der Waals surface area contributed by atoms with Crippen LogP contribution in [0.3, 0.4) is 0 Å². The van der Waals surface area contributed by atoms with Crippen molar-refractivity contribution >= 4 is 63.6 Å². The second-order valence-corrected chi connectivity index (χ2v) is 24.3. The molecule has 71 heavy (non-hydrogen) atoms. The molecule has 0 amide bonds.